The van der Waals surface area contributed by atoms with Crippen molar-refractivity contribution in [2.24, 2.45) is 0 Å². The van der Waals surface area contributed by atoms with E-state index in [0.717, 1.165) is 66.0 Å². The summed E-state index contributed by atoms with van der Waals surface area (Å²) in [6.45, 7) is 7.51. The van der Waals surface area contributed by atoms with Crippen LogP contribution in [0.25, 0.3) is 22.2 Å². The Hall–Kier alpha value is -3.04. The molecule has 8 heteroatoms. The molecule has 1 fully saturated rings. The van der Waals surface area contributed by atoms with E-state index in [2.05, 4.69) is 61.9 Å². The lowest BCUT2D eigenvalue weighted by Crippen LogP contribution is -2.43. The Morgan fingerprint density at radius 2 is 1.69 bits per heavy atom. The minimum atomic E-state index is -3.60. The van der Waals surface area contributed by atoms with Crippen LogP contribution in [0.5, 0.6) is 0 Å². The van der Waals surface area contributed by atoms with Crippen molar-refractivity contribution in [3.05, 3.63) is 83.7 Å². The van der Waals surface area contributed by atoms with Gasteiger partial charge in [-0.15, -0.1) is 0 Å². The lowest BCUT2D eigenvalue weighted by Gasteiger charge is -2.32. The third kappa shape index (κ3) is 5.46. The van der Waals surface area contributed by atoms with Gasteiger partial charge in [0.25, 0.3) is 0 Å². The predicted molar refractivity (Wildman–Crippen MR) is 140 cm³/mol. The average molecular weight is 490 g/mol. The van der Waals surface area contributed by atoms with E-state index in [-0.39, 0.29) is 11.4 Å². The van der Waals surface area contributed by atoms with Gasteiger partial charge >= 0.3 is 0 Å². The van der Waals surface area contributed by atoms with E-state index in [1.54, 1.807) is 24.3 Å². The van der Waals surface area contributed by atoms with E-state index in [9.17, 15) is 8.42 Å². The number of H-pyrrole nitrogens is 1. The normalized spacial score (nSPS) is 15.6. The minimum Gasteiger partial charge on any atom is -0.346 e. The molecule has 1 aliphatic rings. The zero-order valence-electron chi connectivity index (χ0n) is 20.2. The molecule has 2 aromatic carbocycles. The van der Waals surface area contributed by atoms with Gasteiger partial charge in [0.15, 0.2) is 0 Å². The molecule has 0 atom stereocenters. The smallest absolute Gasteiger partial charge is 0.240 e. The Kier molecular flexibility index (Phi) is 6.71. The van der Waals surface area contributed by atoms with Crippen LogP contribution in [0.1, 0.15) is 16.7 Å². The Morgan fingerprint density at radius 3 is 2.40 bits per heavy atom. The third-order valence-corrected chi connectivity index (χ3v) is 8.11. The Balaban J connectivity index is 1.30. The maximum absolute atomic E-state index is 12.7. The average Bonchev–Trinajstić information content (AvgIpc) is 3.27. The van der Waals surface area contributed by atoms with Crippen molar-refractivity contribution in [1.82, 2.24) is 24.5 Å². The summed E-state index contributed by atoms with van der Waals surface area (Å²) >= 11 is 0. The molecule has 7 nitrogen and oxygen atoms in total. The number of hydrogen-bond donors (Lipinski definition) is 2. The number of aromatic amines is 1. The summed E-state index contributed by atoms with van der Waals surface area (Å²) in [7, 11) is -1.42. The quantitative estimate of drug-likeness (QED) is 0.413. The van der Waals surface area contributed by atoms with Gasteiger partial charge in [0.1, 0.15) is 5.65 Å². The molecule has 4 aromatic rings. The number of nitrogens with zero attached hydrogens (tertiary/aromatic N) is 3. The van der Waals surface area contributed by atoms with Gasteiger partial charge in [-0.05, 0) is 48.9 Å². The Morgan fingerprint density at radius 1 is 0.971 bits per heavy atom. The highest BCUT2D eigenvalue weighted by atomic mass is 32.2. The van der Waals surface area contributed by atoms with Gasteiger partial charge < -0.3 is 9.88 Å². The molecule has 0 spiro atoms. The summed E-state index contributed by atoms with van der Waals surface area (Å²) < 4.78 is 28.1. The minimum absolute atomic E-state index is 0.186. The van der Waals surface area contributed by atoms with Gasteiger partial charge in [-0.25, -0.2) is 18.1 Å². The number of piperazine rings is 1. The summed E-state index contributed by atoms with van der Waals surface area (Å²) in [4.78, 5) is 12.8. The number of nitrogens with one attached hydrogen (secondary N) is 2. The van der Waals surface area contributed by atoms with Gasteiger partial charge in [-0.3, -0.25) is 4.90 Å². The number of fused-ring (bicyclic) bond motifs is 1. The molecule has 1 saturated heterocycles. The molecule has 0 saturated carbocycles. The van der Waals surface area contributed by atoms with E-state index >= 15 is 0 Å². The summed E-state index contributed by atoms with van der Waals surface area (Å²) in [5, 5.41) is 0.913. The van der Waals surface area contributed by atoms with E-state index in [1.165, 1.54) is 5.56 Å². The number of hydrogen-bond acceptors (Lipinski definition) is 5. The van der Waals surface area contributed by atoms with Gasteiger partial charge in [0.2, 0.25) is 10.0 Å². The molecule has 5 rings (SSSR count). The SMILES string of the molecule is Cc1ccc(S(=O)(=O)NCc2c[nH]c3ncc(-c4ccc(CN5CCN(C)CC5)cc4)cc23)cc1. The molecule has 0 aliphatic carbocycles. The number of pyridine rings is 1. The summed E-state index contributed by atoms with van der Waals surface area (Å²) in [5.74, 6) is 0. The monoisotopic (exact) mass is 489 g/mol. The highest BCUT2D eigenvalue weighted by Gasteiger charge is 2.16. The second-order valence-corrected chi connectivity index (χ2v) is 11.1. The lowest BCUT2D eigenvalue weighted by atomic mass is 10.0. The van der Waals surface area contributed by atoms with E-state index in [1.807, 2.05) is 19.3 Å². The molecule has 35 heavy (non-hydrogen) atoms. The van der Waals surface area contributed by atoms with Gasteiger partial charge in [-0.1, -0.05) is 42.0 Å². The number of benzene rings is 2. The zero-order valence-corrected chi connectivity index (χ0v) is 21.0. The van der Waals surface area contributed by atoms with Crippen LogP contribution in [0.2, 0.25) is 0 Å². The molecular formula is C27H31N5O2S. The predicted octanol–water partition coefficient (Wildman–Crippen LogP) is 3.76. The fourth-order valence-electron chi connectivity index (χ4n) is 4.40. The fourth-order valence-corrected chi connectivity index (χ4v) is 5.41. The Bertz CT molecular complexity index is 1400. The van der Waals surface area contributed by atoms with Gasteiger partial charge in [0, 0.05) is 62.6 Å². The van der Waals surface area contributed by atoms with Crippen molar-refractivity contribution in [3.8, 4) is 11.1 Å². The first-order valence-corrected chi connectivity index (χ1v) is 13.4. The van der Waals surface area contributed by atoms with Crippen LogP contribution in [-0.4, -0.2) is 61.4 Å². The molecule has 0 amide bonds. The molecule has 3 heterocycles. The molecule has 182 valence electrons. The number of aryl methyl sites for hydroxylation is 1. The van der Waals surface area contributed by atoms with Crippen molar-refractivity contribution in [1.29, 1.82) is 0 Å². The first kappa shape index (κ1) is 23.7. The van der Waals surface area contributed by atoms with Gasteiger partial charge in [0.05, 0.1) is 4.90 Å². The fraction of sp³-hybridized carbons (Fsp3) is 0.296. The zero-order chi connectivity index (χ0) is 24.4. The van der Waals surface area contributed by atoms with E-state index in [4.69, 9.17) is 0 Å². The van der Waals surface area contributed by atoms with Crippen molar-refractivity contribution in [3.63, 3.8) is 0 Å². The number of likely N-dealkylation sites (N-methyl/N-ethyl adjacent to an activating group) is 1. The third-order valence-electron chi connectivity index (χ3n) is 6.69. The number of rotatable bonds is 7. The van der Waals surface area contributed by atoms with E-state index in [0.29, 0.717) is 0 Å². The Labute approximate surface area is 206 Å². The van der Waals surface area contributed by atoms with Crippen LogP contribution in [0.4, 0.5) is 0 Å². The first-order chi connectivity index (χ1) is 16.9. The summed E-state index contributed by atoms with van der Waals surface area (Å²) in [6, 6.07) is 17.6. The highest BCUT2D eigenvalue weighted by Crippen LogP contribution is 2.26. The van der Waals surface area contributed by atoms with Crippen LogP contribution in [-0.2, 0) is 23.1 Å². The lowest BCUT2D eigenvalue weighted by molar-refractivity contribution is 0.148. The number of sulfonamides is 1. The number of aromatic nitrogens is 2. The summed E-state index contributed by atoms with van der Waals surface area (Å²) in [5.41, 5.74) is 6.02. The maximum Gasteiger partial charge on any atom is 0.240 e. The van der Waals surface area contributed by atoms with Crippen LogP contribution in [0.15, 0.2) is 71.9 Å². The van der Waals surface area contributed by atoms with Crippen molar-refractivity contribution in [2.45, 2.75) is 24.9 Å². The van der Waals surface area contributed by atoms with Crippen molar-refractivity contribution in [2.75, 3.05) is 33.2 Å². The molecule has 0 bridgehead atoms. The first-order valence-electron chi connectivity index (χ1n) is 11.9. The largest absolute Gasteiger partial charge is 0.346 e. The second kappa shape index (κ2) is 9.91. The standard InChI is InChI=1S/C27H31N5O2S/c1-20-3-9-25(10-4-20)35(33,34)30-18-24-17-29-27-26(24)15-23(16-28-27)22-7-5-21(6-8-22)19-32-13-11-31(2)12-14-32/h3-10,15-17,30H,11-14,18-19H2,1-2H3,(H,28,29). The van der Waals surface area contributed by atoms with Gasteiger partial charge in [-0.2, -0.15) is 0 Å². The van der Waals surface area contributed by atoms with Crippen molar-refractivity contribution >= 4 is 21.1 Å². The maximum atomic E-state index is 12.7. The molecule has 0 unspecified atom stereocenters. The summed E-state index contributed by atoms with van der Waals surface area (Å²) in [6.07, 6.45) is 3.67. The molecule has 0 radical (unpaired) electrons. The van der Waals surface area contributed by atoms with Crippen LogP contribution in [0.3, 0.4) is 0 Å². The molecule has 1 aliphatic heterocycles. The van der Waals surface area contributed by atoms with Crippen molar-refractivity contribution < 1.29 is 8.42 Å². The van der Waals surface area contributed by atoms with E-state index < -0.39 is 10.0 Å². The molecule has 2 aromatic heterocycles. The topological polar surface area (TPSA) is 81.3 Å². The van der Waals surface area contributed by atoms with Crippen LogP contribution >= 0.6 is 0 Å². The van der Waals surface area contributed by atoms with Crippen LogP contribution < -0.4 is 4.72 Å². The second-order valence-electron chi connectivity index (χ2n) is 9.35. The van der Waals surface area contributed by atoms with Crippen LogP contribution in [0, 0.1) is 6.92 Å². The molecule has 2 N–H and O–H groups in total. The molecular weight excluding hydrogens is 458 g/mol. The highest BCUT2D eigenvalue weighted by molar-refractivity contribution is 7.89.